The van der Waals surface area contributed by atoms with Crippen molar-refractivity contribution in [3.05, 3.63) is 52.3 Å². The van der Waals surface area contributed by atoms with Crippen LogP contribution in [0.2, 0.25) is 10.0 Å². The van der Waals surface area contributed by atoms with Gasteiger partial charge in [0.25, 0.3) is 0 Å². The summed E-state index contributed by atoms with van der Waals surface area (Å²) in [7, 11) is 0. The van der Waals surface area contributed by atoms with Crippen LogP contribution >= 0.6 is 23.2 Å². The Morgan fingerprint density at radius 2 is 2.05 bits per heavy atom. The van der Waals surface area contributed by atoms with Gasteiger partial charge in [0.2, 0.25) is 5.95 Å². The van der Waals surface area contributed by atoms with Gasteiger partial charge in [-0.15, -0.1) is 0 Å². The number of nitrogen functional groups attached to an aromatic ring is 1. The molecule has 1 atom stereocenters. The molecule has 2 aromatic heterocycles. The van der Waals surface area contributed by atoms with E-state index in [0.717, 1.165) is 16.6 Å². The van der Waals surface area contributed by atoms with E-state index in [1.807, 2.05) is 29.7 Å². The molecule has 2 N–H and O–H groups in total. The first-order valence-corrected chi connectivity index (χ1v) is 6.86. The Labute approximate surface area is 126 Å². The molecule has 0 bridgehead atoms. The minimum atomic E-state index is -0.0489. The SMILES string of the molecule is CC(c1ccc(Cl)cc1Cl)n1c(N)nc2cnccc21. The van der Waals surface area contributed by atoms with Crippen LogP contribution in [-0.2, 0) is 0 Å². The molecule has 1 unspecified atom stereocenters. The molecule has 0 radical (unpaired) electrons. The first-order valence-electron chi connectivity index (χ1n) is 6.10. The zero-order valence-electron chi connectivity index (χ0n) is 10.7. The Bertz CT molecular complexity index is 782. The van der Waals surface area contributed by atoms with Gasteiger partial charge in [0, 0.05) is 16.2 Å². The van der Waals surface area contributed by atoms with Crippen molar-refractivity contribution >= 4 is 40.2 Å². The van der Waals surface area contributed by atoms with Crippen molar-refractivity contribution in [2.45, 2.75) is 13.0 Å². The highest BCUT2D eigenvalue weighted by molar-refractivity contribution is 6.35. The zero-order chi connectivity index (χ0) is 14.3. The summed E-state index contributed by atoms with van der Waals surface area (Å²) in [5.41, 5.74) is 8.66. The molecule has 4 nitrogen and oxygen atoms in total. The van der Waals surface area contributed by atoms with Crippen molar-refractivity contribution in [1.29, 1.82) is 0 Å². The number of anilines is 1. The molecule has 0 amide bonds. The van der Waals surface area contributed by atoms with Crippen molar-refractivity contribution in [3.8, 4) is 0 Å². The largest absolute Gasteiger partial charge is 0.369 e. The number of imidazole rings is 1. The topological polar surface area (TPSA) is 56.7 Å². The summed E-state index contributed by atoms with van der Waals surface area (Å²) >= 11 is 12.2. The van der Waals surface area contributed by atoms with E-state index in [1.54, 1.807) is 18.5 Å². The van der Waals surface area contributed by atoms with Gasteiger partial charge in [0.15, 0.2) is 0 Å². The zero-order valence-corrected chi connectivity index (χ0v) is 12.2. The van der Waals surface area contributed by atoms with Crippen LogP contribution in [0.3, 0.4) is 0 Å². The highest BCUT2D eigenvalue weighted by Crippen LogP contribution is 2.32. The van der Waals surface area contributed by atoms with E-state index in [0.29, 0.717) is 16.0 Å². The lowest BCUT2D eigenvalue weighted by Gasteiger charge is -2.18. The Balaban J connectivity index is 2.17. The highest BCUT2D eigenvalue weighted by atomic mass is 35.5. The van der Waals surface area contributed by atoms with E-state index >= 15 is 0 Å². The smallest absolute Gasteiger partial charge is 0.201 e. The fourth-order valence-corrected chi connectivity index (χ4v) is 2.92. The molecule has 102 valence electrons. The molecule has 1 aromatic carbocycles. The molecular weight excluding hydrogens is 295 g/mol. The van der Waals surface area contributed by atoms with Gasteiger partial charge in [0.1, 0.15) is 5.52 Å². The maximum atomic E-state index is 6.27. The van der Waals surface area contributed by atoms with Crippen molar-refractivity contribution in [1.82, 2.24) is 14.5 Å². The van der Waals surface area contributed by atoms with E-state index in [-0.39, 0.29) is 6.04 Å². The monoisotopic (exact) mass is 306 g/mol. The molecule has 0 aliphatic rings. The number of pyridine rings is 1. The van der Waals surface area contributed by atoms with Crippen molar-refractivity contribution in [3.63, 3.8) is 0 Å². The number of hydrogen-bond donors (Lipinski definition) is 1. The fraction of sp³-hybridized carbons (Fsp3) is 0.143. The number of benzene rings is 1. The number of nitrogens with two attached hydrogens (primary N) is 1. The predicted molar refractivity (Wildman–Crippen MR) is 82.2 cm³/mol. The van der Waals surface area contributed by atoms with Gasteiger partial charge >= 0.3 is 0 Å². The molecule has 0 fully saturated rings. The van der Waals surface area contributed by atoms with E-state index in [2.05, 4.69) is 9.97 Å². The molecule has 20 heavy (non-hydrogen) atoms. The third kappa shape index (κ3) is 2.11. The summed E-state index contributed by atoms with van der Waals surface area (Å²) in [5, 5.41) is 1.22. The Hall–Kier alpha value is -1.78. The molecular formula is C14H12Cl2N4. The second kappa shape index (κ2) is 4.96. The summed E-state index contributed by atoms with van der Waals surface area (Å²) < 4.78 is 1.94. The summed E-state index contributed by atoms with van der Waals surface area (Å²) in [6.45, 7) is 2.02. The normalized spacial score (nSPS) is 12.8. The number of halogens is 2. The fourth-order valence-electron chi connectivity index (χ4n) is 2.36. The Kier molecular flexibility index (Phi) is 3.28. The molecule has 0 saturated carbocycles. The molecule has 3 aromatic rings. The lowest BCUT2D eigenvalue weighted by molar-refractivity contribution is 0.668. The molecule has 0 aliphatic heterocycles. The standard InChI is InChI=1S/C14H12Cl2N4/c1-8(10-3-2-9(15)6-11(10)16)20-13-4-5-18-7-12(13)19-14(20)17/h2-8H,1H3,(H2,17,19). The van der Waals surface area contributed by atoms with E-state index in [9.17, 15) is 0 Å². The van der Waals surface area contributed by atoms with Gasteiger partial charge in [-0.3, -0.25) is 4.98 Å². The minimum absolute atomic E-state index is 0.0489. The van der Waals surface area contributed by atoms with Crippen LogP contribution in [0.4, 0.5) is 5.95 Å². The lowest BCUT2D eigenvalue weighted by atomic mass is 10.1. The molecule has 0 aliphatic carbocycles. The van der Waals surface area contributed by atoms with Crippen LogP contribution in [-0.4, -0.2) is 14.5 Å². The number of hydrogen-bond acceptors (Lipinski definition) is 3. The number of fused-ring (bicyclic) bond motifs is 1. The van der Waals surface area contributed by atoms with Crippen LogP contribution in [0.5, 0.6) is 0 Å². The van der Waals surface area contributed by atoms with E-state index in [1.165, 1.54) is 0 Å². The maximum absolute atomic E-state index is 6.27. The average Bonchev–Trinajstić information content (AvgIpc) is 2.73. The predicted octanol–water partition coefficient (Wildman–Crippen LogP) is 3.93. The van der Waals surface area contributed by atoms with Crippen LogP contribution in [0.25, 0.3) is 11.0 Å². The quantitative estimate of drug-likeness (QED) is 0.780. The average molecular weight is 307 g/mol. The summed E-state index contributed by atoms with van der Waals surface area (Å²) in [6, 6.07) is 7.29. The Morgan fingerprint density at radius 3 is 2.80 bits per heavy atom. The summed E-state index contributed by atoms with van der Waals surface area (Å²) in [4.78, 5) is 8.37. The maximum Gasteiger partial charge on any atom is 0.201 e. The van der Waals surface area contributed by atoms with E-state index in [4.69, 9.17) is 28.9 Å². The van der Waals surface area contributed by atoms with Crippen LogP contribution < -0.4 is 5.73 Å². The first-order chi connectivity index (χ1) is 9.58. The molecule has 6 heteroatoms. The number of nitrogens with zero attached hydrogens (tertiary/aromatic N) is 3. The van der Waals surface area contributed by atoms with Gasteiger partial charge in [-0.25, -0.2) is 4.98 Å². The number of rotatable bonds is 2. The lowest BCUT2D eigenvalue weighted by Crippen LogP contribution is -2.10. The van der Waals surface area contributed by atoms with Gasteiger partial charge in [-0.1, -0.05) is 29.3 Å². The second-order valence-electron chi connectivity index (χ2n) is 4.55. The van der Waals surface area contributed by atoms with E-state index < -0.39 is 0 Å². The van der Waals surface area contributed by atoms with Crippen molar-refractivity contribution < 1.29 is 0 Å². The van der Waals surface area contributed by atoms with Crippen molar-refractivity contribution in [2.75, 3.05) is 5.73 Å². The van der Waals surface area contributed by atoms with Crippen LogP contribution in [0.1, 0.15) is 18.5 Å². The third-order valence-corrected chi connectivity index (χ3v) is 3.88. The first kappa shape index (κ1) is 13.2. The molecule has 2 heterocycles. The molecule has 0 spiro atoms. The van der Waals surface area contributed by atoms with Gasteiger partial charge < -0.3 is 10.3 Å². The van der Waals surface area contributed by atoms with Crippen molar-refractivity contribution in [2.24, 2.45) is 0 Å². The van der Waals surface area contributed by atoms with Crippen LogP contribution in [0.15, 0.2) is 36.7 Å². The molecule has 3 rings (SSSR count). The minimum Gasteiger partial charge on any atom is -0.369 e. The summed E-state index contributed by atoms with van der Waals surface area (Å²) in [6.07, 6.45) is 3.41. The van der Waals surface area contributed by atoms with Gasteiger partial charge in [-0.05, 0) is 30.7 Å². The second-order valence-corrected chi connectivity index (χ2v) is 5.39. The van der Waals surface area contributed by atoms with Gasteiger partial charge in [0.05, 0.1) is 17.8 Å². The molecule has 0 saturated heterocycles. The Morgan fingerprint density at radius 1 is 1.25 bits per heavy atom. The summed E-state index contributed by atoms with van der Waals surface area (Å²) in [5.74, 6) is 0.437. The van der Waals surface area contributed by atoms with Crippen LogP contribution in [0, 0.1) is 0 Å². The number of aromatic nitrogens is 3. The third-order valence-electron chi connectivity index (χ3n) is 3.32. The van der Waals surface area contributed by atoms with Gasteiger partial charge in [-0.2, -0.15) is 0 Å². The highest BCUT2D eigenvalue weighted by Gasteiger charge is 2.17.